The van der Waals surface area contributed by atoms with Gasteiger partial charge in [0.05, 0.1) is 23.5 Å². The summed E-state index contributed by atoms with van der Waals surface area (Å²) >= 11 is 0. The van der Waals surface area contributed by atoms with E-state index in [0.717, 1.165) is 11.1 Å². The highest BCUT2D eigenvalue weighted by molar-refractivity contribution is 6.08. The summed E-state index contributed by atoms with van der Waals surface area (Å²) in [6.07, 6.45) is 5.01. The SMILES string of the molecule is Cc1cn[nH]c1NC(=O)c1cnn2ccccc12. The Hall–Kier alpha value is -2.63. The van der Waals surface area contributed by atoms with E-state index in [1.165, 1.54) is 0 Å². The summed E-state index contributed by atoms with van der Waals surface area (Å²) in [5, 5.41) is 13.5. The molecule has 3 aromatic rings. The summed E-state index contributed by atoms with van der Waals surface area (Å²) in [5.41, 5.74) is 2.19. The predicted octanol–water partition coefficient (Wildman–Crippen LogP) is 1.62. The van der Waals surface area contributed by atoms with E-state index in [0.29, 0.717) is 11.4 Å². The highest BCUT2D eigenvalue weighted by atomic mass is 16.1. The Morgan fingerprint density at radius 1 is 1.39 bits per heavy atom. The number of anilines is 1. The molecule has 6 heteroatoms. The van der Waals surface area contributed by atoms with E-state index in [4.69, 9.17) is 0 Å². The van der Waals surface area contributed by atoms with Crippen molar-refractivity contribution in [1.82, 2.24) is 19.8 Å². The lowest BCUT2D eigenvalue weighted by Crippen LogP contribution is -2.12. The van der Waals surface area contributed by atoms with E-state index >= 15 is 0 Å². The summed E-state index contributed by atoms with van der Waals surface area (Å²) in [6, 6.07) is 5.58. The van der Waals surface area contributed by atoms with Gasteiger partial charge in [-0.2, -0.15) is 10.2 Å². The Labute approximate surface area is 103 Å². The van der Waals surface area contributed by atoms with Crippen molar-refractivity contribution >= 4 is 17.2 Å². The molecule has 0 radical (unpaired) electrons. The predicted molar refractivity (Wildman–Crippen MR) is 66.5 cm³/mol. The third kappa shape index (κ3) is 1.64. The van der Waals surface area contributed by atoms with Crippen LogP contribution in [0.25, 0.3) is 5.52 Å². The molecule has 0 unspecified atom stereocenters. The average molecular weight is 241 g/mol. The minimum atomic E-state index is -0.205. The molecule has 90 valence electrons. The van der Waals surface area contributed by atoms with E-state index in [1.54, 1.807) is 23.1 Å². The number of aromatic nitrogens is 4. The summed E-state index contributed by atoms with van der Waals surface area (Å²) < 4.78 is 1.66. The van der Waals surface area contributed by atoms with Crippen LogP contribution in [0.5, 0.6) is 0 Å². The normalized spacial score (nSPS) is 10.7. The van der Waals surface area contributed by atoms with Crippen LogP contribution in [0.3, 0.4) is 0 Å². The zero-order chi connectivity index (χ0) is 12.5. The number of fused-ring (bicyclic) bond motifs is 1. The largest absolute Gasteiger partial charge is 0.307 e. The first-order valence-corrected chi connectivity index (χ1v) is 5.49. The topological polar surface area (TPSA) is 75.1 Å². The Bertz CT molecular complexity index is 712. The summed E-state index contributed by atoms with van der Waals surface area (Å²) in [4.78, 5) is 12.1. The number of pyridine rings is 1. The molecule has 0 aromatic carbocycles. The van der Waals surface area contributed by atoms with Crippen molar-refractivity contribution in [1.29, 1.82) is 0 Å². The monoisotopic (exact) mass is 241 g/mol. The van der Waals surface area contributed by atoms with Crippen LogP contribution in [-0.2, 0) is 0 Å². The van der Waals surface area contributed by atoms with Crippen LogP contribution >= 0.6 is 0 Å². The fourth-order valence-electron chi connectivity index (χ4n) is 1.76. The quantitative estimate of drug-likeness (QED) is 0.715. The molecule has 3 aromatic heterocycles. The van der Waals surface area contributed by atoms with Gasteiger partial charge in [0, 0.05) is 11.8 Å². The molecule has 18 heavy (non-hydrogen) atoms. The molecule has 0 atom stereocenters. The van der Waals surface area contributed by atoms with E-state index in [1.807, 2.05) is 25.1 Å². The molecule has 6 nitrogen and oxygen atoms in total. The molecular weight excluding hydrogens is 230 g/mol. The smallest absolute Gasteiger partial charge is 0.260 e. The van der Waals surface area contributed by atoms with Crippen LogP contribution in [0.15, 0.2) is 36.8 Å². The van der Waals surface area contributed by atoms with Crippen LogP contribution < -0.4 is 5.32 Å². The maximum atomic E-state index is 12.1. The first-order chi connectivity index (χ1) is 8.75. The lowest BCUT2D eigenvalue weighted by molar-refractivity contribution is 0.102. The van der Waals surface area contributed by atoms with Gasteiger partial charge in [0.25, 0.3) is 5.91 Å². The number of hydrogen-bond acceptors (Lipinski definition) is 3. The van der Waals surface area contributed by atoms with Crippen molar-refractivity contribution in [2.75, 3.05) is 5.32 Å². The second kappa shape index (κ2) is 3.99. The second-order valence-corrected chi connectivity index (χ2v) is 3.97. The van der Waals surface area contributed by atoms with Gasteiger partial charge < -0.3 is 5.32 Å². The van der Waals surface area contributed by atoms with Gasteiger partial charge in [-0.05, 0) is 19.1 Å². The van der Waals surface area contributed by atoms with Crippen LogP contribution in [0, 0.1) is 6.92 Å². The number of hydrogen-bond donors (Lipinski definition) is 2. The highest BCUT2D eigenvalue weighted by Crippen LogP contribution is 2.14. The zero-order valence-corrected chi connectivity index (χ0v) is 9.71. The summed E-state index contributed by atoms with van der Waals surface area (Å²) in [7, 11) is 0. The molecule has 0 spiro atoms. The fourth-order valence-corrected chi connectivity index (χ4v) is 1.76. The van der Waals surface area contributed by atoms with Gasteiger partial charge in [0.15, 0.2) is 0 Å². The molecule has 1 amide bonds. The van der Waals surface area contributed by atoms with Crippen molar-refractivity contribution in [3.8, 4) is 0 Å². The molecule has 0 saturated carbocycles. The number of rotatable bonds is 2. The van der Waals surface area contributed by atoms with Crippen molar-refractivity contribution in [3.05, 3.63) is 47.9 Å². The van der Waals surface area contributed by atoms with E-state index in [-0.39, 0.29) is 5.91 Å². The number of aromatic amines is 1. The Morgan fingerprint density at radius 3 is 3.06 bits per heavy atom. The van der Waals surface area contributed by atoms with Crippen LogP contribution in [0.4, 0.5) is 5.82 Å². The minimum Gasteiger partial charge on any atom is -0.307 e. The molecular formula is C12H11N5O. The number of H-pyrrole nitrogens is 1. The molecule has 0 aliphatic rings. The zero-order valence-electron chi connectivity index (χ0n) is 9.71. The van der Waals surface area contributed by atoms with E-state index in [9.17, 15) is 4.79 Å². The Morgan fingerprint density at radius 2 is 2.28 bits per heavy atom. The maximum absolute atomic E-state index is 12.1. The molecule has 3 rings (SSSR count). The van der Waals surface area contributed by atoms with E-state index in [2.05, 4.69) is 20.6 Å². The number of carbonyl (C=O) groups excluding carboxylic acids is 1. The Kier molecular flexibility index (Phi) is 2.33. The number of nitrogens with zero attached hydrogens (tertiary/aromatic N) is 3. The number of nitrogens with one attached hydrogen (secondary N) is 2. The van der Waals surface area contributed by atoms with Gasteiger partial charge >= 0.3 is 0 Å². The first-order valence-electron chi connectivity index (χ1n) is 5.49. The molecule has 0 saturated heterocycles. The van der Waals surface area contributed by atoms with Gasteiger partial charge in [-0.3, -0.25) is 9.89 Å². The van der Waals surface area contributed by atoms with Crippen LogP contribution in [0.2, 0.25) is 0 Å². The number of amides is 1. The summed E-state index contributed by atoms with van der Waals surface area (Å²) in [5.74, 6) is 0.402. The maximum Gasteiger partial charge on any atom is 0.260 e. The highest BCUT2D eigenvalue weighted by Gasteiger charge is 2.13. The lowest BCUT2D eigenvalue weighted by Gasteiger charge is -2.02. The average Bonchev–Trinajstić information content (AvgIpc) is 2.96. The van der Waals surface area contributed by atoms with Gasteiger partial charge in [-0.15, -0.1) is 0 Å². The van der Waals surface area contributed by atoms with Crippen LogP contribution in [0.1, 0.15) is 15.9 Å². The number of aryl methyl sites for hydroxylation is 1. The molecule has 0 fully saturated rings. The number of carbonyl (C=O) groups is 1. The fraction of sp³-hybridized carbons (Fsp3) is 0.0833. The second-order valence-electron chi connectivity index (χ2n) is 3.97. The third-order valence-electron chi connectivity index (χ3n) is 2.74. The molecule has 0 bridgehead atoms. The molecule has 3 heterocycles. The van der Waals surface area contributed by atoms with Crippen molar-refractivity contribution in [2.45, 2.75) is 6.92 Å². The van der Waals surface area contributed by atoms with E-state index < -0.39 is 0 Å². The van der Waals surface area contributed by atoms with Crippen molar-refractivity contribution < 1.29 is 4.79 Å². The molecule has 0 aliphatic heterocycles. The van der Waals surface area contributed by atoms with Crippen molar-refractivity contribution in [3.63, 3.8) is 0 Å². The van der Waals surface area contributed by atoms with Gasteiger partial charge in [0.1, 0.15) is 5.82 Å². The molecule has 0 aliphatic carbocycles. The van der Waals surface area contributed by atoms with Crippen LogP contribution in [-0.4, -0.2) is 25.7 Å². The standard InChI is InChI=1S/C12H11N5O/c1-8-6-13-16-11(8)15-12(18)9-7-14-17-5-3-2-4-10(9)17/h2-7H,1H3,(H2,13,15,16,18). The van der Waals surface area contributed by atoms with Gasteiger partial charge in [-0.25, -0.2) is 4.52 Å². The van der Waals surface area contributed by atoms with Crippen molar-refractivity contribution in [2.24, 2.45) is 0 Å². The Balaban J connectivity index is 1.95. The third-order valence-corrected chi connectivity index (χ3v) is 2.74. The molecule has 2 N–H and O–H groups in total. The lowest BCUT2D eigenvalue weighted by atomic mass is 10.2. The van der Waals surface area contributed by atoms with Gasteiger partial charge in [0.2, 0.25) is 0 Å². The summed E-state index contributed by atoms with van der Waals surface area (Å²) in [6.45, 7) is 1.87. The van der Waals surface area contributed by atoms with Gasteiger partial charge in [-0.1, -0.05) is 6.07 Å². The first kappa shape index (κ1) is 10.5. The minimum absolute atomic E-state index is 0.205.